The van der Waals surface area contributed by atoms with E-state index in [1.54, 1.807) is 6.20 Å². The van der Waals surface area contributed by atoms with Crippen LogP contribution in [0.4, 0.5) is 5.69 Å². The standard InChI is InChI=1S/C13H16N2O4/c16-12(17)10-2-4-14-8-11(10)15-5-1-3-13(9-15)18-6-7-19-13/h2,4,8H,1,3,5-7,9H2,(H,16,17). The molecule has 6 nitrogen and oxygen atoms in total. The summed E-state index contributed by atoms with van der Waals surface area (Å²) in [6, 6.07) is 1.52. The maximum atomic E-state index is 11.3. The highest BCUT2D eigenvalue weighted by atomic mass is 16.7. The van der Waals surface area contributed by atoms with E-state index in [9.17, 15) is 9.90 Å². The Morgan fingerprint density at radius 3 is 2.95 bits per heavy atom. The first-order valence-corrected chi connectivity index (χ1v) is 6.40. The molecule has 2 saturated heterocycles. The topological polar surface area (TPSA) is 71.9 Å². The minimum atomic E-state index is -0.940. The molecule has 2 aliphatic rings. The molecule has 1 aromatic rings. The number of anilines is 1. The van der Waals surface area contributed by atoms with Crippen LogP contribution in [0.3, 0.4) is 0 Å². The maximum Gasteiger partial charge on any atom is 0.337 e. The minimum Gasteiger partial charge on any atom is -0.478 e. The molecule has 0 bridgehead atoms. The summed E-state index contributed by atoms with van der Waals surface area (Å²) in [6.07, 6.45) is 4.85. The highest BCUT2D eigenvalue weighted by Crippen LogP contribution is 2.33. The highest BCUT2D eigenvalue weighted by molar-refractivity contribution is 5.94. The zero-order valence-corrected chi connectivity index (χ0v) is 10.5. The lowest BCUT2D eigenvalue weighted by Crippen LogP contribution is -2.49. The maximum absolute atomic E-state index is 11.3. The molecule has 2 fully saturated rings. The molecule has 0 atom stereocenters. The number of nitrogens with zero attached hydrogens (tertiary/aromatic N) is 2. The van der Waals surface area contributed by atoms with Crippen LogP contribution in [0.1, 0.15) is 23.2 Å². The lowest BCUT2D eigenvalue weighted by Gasteiger charge is -2.40. The van der Waals surface area contributed by atoms with E-state index in [4.69, 9.17) is 9.47 Å². The van der Waals surface area contributed by atoms with Crippen LogP contribution in [-0.2, 0) is 9.47 Å². The summed E-state index contributed by atoms with van der Waals surface area (Å²) in [5, 5.41) is 9.24. The van der Waals surface area contributed by atoms with E-state index >= 15 is 0 Å². The SMILES string of the molecule is O=C(O)c1ccncc1N1CCCC2(C1)OCCO2. The molecule has 0 amide bonds. The molecular weight excluding hydrogens is 248 g/mol. The fourth-order valence-electron chi connectivity index (χ4n) is 2.75. The number of aromatic nitrogens is 1. The summed E-state index contributed by atoms with van der Waals surface area (Å²) in [5.41, 5.74) is 0.901. The number of piperidine rings is 1. The molecule has 1 N–H and O–H groups in total. The monoisotopic (exact) mass is 264 g/mol. The fraction of sp³-hybridized carbons (Fsp3) is 0.538. The summed E-state index contributed by atoms with van der Waals surface area (Å²) < 4.78 is 11.4. The third-order valence-electron chi connectivity index (χ3n) is 3.60. The van der Waals surface area contributed by atoms with Crippen molar-refractivity contribution in [3.8, 4) is 0 Å². The van der Waals surface area contributed by atoms with Gasteiger partial charge in [-0.25, -0.2) is 4.79 Å². The Bertz CT molecular complexity index is 485. The Balaban J connectivity index is 1.87. The number of rotatable bonds is 2. The summed E-state index contributed by atoms with van der Waals surface area (Å²) >= 11 is 0. The Kier molecular flexibility index (Phi) is 3.12. The van der Waals surface area contributed by atoms with Gasteiger partial charge in [-0.05, 0) is 12.5 Å². The van der Waals surface area contributed by atoms with Gasteiger partial charge in [-0.15, -0.1) is 0 Å². The fourth-order valence-corrected chi connectivity index (χ4v) is 2.75. The number of hydrogen-bond acceptors (Lipinski definition) is 5. The molecule has 1 aromatic heterocycles. The Morgan fingerprint density at radius 2 is 2.21 bits per heavy atom. The number of carbonyl (C=O) groups is 1. The van der Waals surface area contributed by atoms with E-state index in [0.717, 1.165) is 19.4 Å². The van der Waals surface area contributed by atoms with Gasteiger partial charge in [0, 0.05) is 19.2 Å². The molecule has 19 heavy (non-hydrogen) atoms. The quantitative estimate of drug-likeness (QED) is 0.863. The molecule has 3 rings (SSSR count). The summed E-state index contributed by atoms with van der Waals surface area (Å²) in [5.74, 6) is -1.51. The van der Waals surface area contributed by atoms with Gasteiger partial charge in [0.05, 0.1) is 37.2 Å². The van der Waals surface area contributed by atoms with Gasteiger partial charge < -0.3 is 19.5 Å². The van der Waals surface area contributed by atoms with Crippen molar-refractivity contribution in [2.75, 3.05) is 31.2 Å². The van der Waals surface area contributed by atoms with Crippen LogP contribution >= 0.6 is 0 Å². The average Bonchev–Trinajstić information content (AvgIpc) is 2.86. The number of pyridine rings is 1. The van der Waals surface area contributed by atoms with E-state index in [1.165, 1.54) is 12.3 Å². The largest absolute Gasteiger partial charge is 0.478 e. The molecule has 6 heteroatoms. The predicted octanol–water partition coefficient (Wildman–Crippen LogP) is 1.12. The van der Waals surface area contributed by atoms with Crippen LogP contribution in [0.25, 0.3) is 0 Å². The Hall–Kier alpha value is -1.66. The van der Waals surface area contributed by atoms with Crippen molar-refractivity contribution in [2.45, 2.75) is 18.6 Å². The van der Waals surface area contributed by atoms with Crippen molar-refractivity contribution >= 4 is 11.7 Å². The zero-order valence-electron chi connectivity index (χ0n) is 10.5. The molecule has 0 radical (unpaired) electrons. The average molecular weight is 264 g/mol. The number of hydrogen-bond donors (Lipinski definition) is 1. The minimum absolute atomic E-state index is 0.269. The van der Waals surface area contributed by atoms with Crippen LogP contribution < -0.4 is 4.90 Å². The van der Waals surface area contributed by atoms with Gasteiger partial charge in [-0.2, -0.15) is 0 Å². The molecule has 0 unspecified atom stereocenters. The number of ether oxygens (including phenoxy) is 2. The highest BCUT2D eigenvalue weighted by Gasteiger charge is 2.41. The molecule has 0 aliphatic carbocycles. The lowest BCUT2D eigenvalue weighted by atomic mass is 10.0. The van der Waals surface area contributed by atoms with Crippen molar-refractivity contribution in [3.63, 3.8) is 0 Å². The van der Waals surface area contributed by atoms with Gasteiger partial charge in [0.25, 0.3) is 0 Å². The van der Waals surface area contributed by atoms with E-state index in [1.807, 2.05) is 4.90 Å². The van der Waals surface area contributed by atoms with Crippen LogP contribution in [0.2, 0.25) is 0 Å². The normalized spacial score (nSPS) is 21.8. The van der Waals surface area contributed by atoms with Crippen molar-refractivity contribution in [1.29, 1.82) is 0 Å². The third kappa shape index (κ3) is 2.29. The van der Waals surface area contributed by atoms with Gasteiger partial charge in [0.15, 0.2) is 5.79 Å². The Labute approximate surface area is 111 Å². The number of carboxylic acids is 1. The van der Waals surface area contributed by atoms with Crippen LogP contribution in [0.15, 0.2) is 18.5 Å². The van der Waals surface area contributed by atoms with Crippen molar-refractivity contribution in [1.82, 2.24) is 4.98 Å². The van der Waals surface area contributed by atoms with Crippen LogP contribution in [-0.4, -0.2) is 48.2 Å². The molecule has 0 aromatic carbocycles. The van der Waals surface area contributed by atoms with Crippen molar-refractivity contribution < 1.29 is 19.4 Å². The van der Waals surface area contributed by atoms with Gasteiger partial charge in [-0.3, -0.25) is 4.98 Å². The van der Waals surface area contributed by atoms with Gasteiger partial charge in [0.2, 0.25) is 0 Å². The van der Waals surface area contributed by atoms with Crippen LogP contribution in [0, 0.1) is 0 Å². The van der Waals surface area contributed by atoms with Crippen LogP contribution in [0.5, 0.6) is 0 Å². The van der Waals surface area contributed by atoms with E-state index < -0.39 is 11.8 Å². The third-order valence-corrected chi connectivity index (χ3v) is 3.60. The second-order valence-corrected chi connectivity index (χ2v) is 4.83. The summed E-state index contributed by atoms with van der Waals surface area (Å²) in [7, 11) is 0. The first-order valence-electron chi connectivity index (χ1n) is 6.40. The number of carboxylic acid groups (broad SMARTS) is 1. The van der Waals surface area contributed by atoms with Gasteiger partial charge in [0.1, 0.15) is 0 Å². The second-order valence-electron chi connectivity index (χ2n) is 4.83. The Morgan fingerprint density at radius 1 is 1.42 bits per heavy atom. The van der Waals surface area contributed by atoms with Crippen molar-refractivity contribution in [3.05, 3.63) is 24.0 Å². The molecular formula is C13H16N2O4. The first kappa shape index (κ1) is 12.4. The smallest absolute Gasteiger partial charge is 0.337 e. The molecule has 3 heterocycles. The first-order chi connectivity index (χ1) is 9.20. The van der Waals surface area contributed by atoms with Crippen molar-refractivity contribution in [2.24, 2.45) is 0 Å². The van der Waals surface area contributed by atoms with E-state index in [0.29, 0.717) is 25.4 Å². The molecule has 1 spiro atoms. The molecule has 102 valence electrons. The summed E-state index contributed by atoms with van der Waals surface area (Å²) in [6.45, 7) is 2.55. The molecule has 0 saturated carbocycles. The van der Waals surface area contributed by atoms with Gasteiger partial charge in [-0.1, -0.05) is 0 Å². The van der Waals surface area contributed by atoms with Gasteiger partial charge >= 0.3 is 5.97 Å². The van der Waals surface area contributed by atoms with E-state index in [-0.39, 0.29) is 5.56 Å². The predicted molar refractivity (Wildman–Crippen MR) is 67.3 cm³/mol. The second kappa shape index (κ2) is 4.79. The number of aromatic carboxylic acids is 1. The molecule has 2 aliphatic heterocycles. The lowest BCUT2D eigenvalue weighted by molar-refractivity contribution is -0.161. The van der Waals surface area contributed by atoms with E-state index in [2.05, 4.69) is 4.98 Å². The zero-order chi connectivity index (χ0) is 13.3. The summed E-state index contributed by atoms with van der Waals surface area (Å²) in [4.78, 5) is 17.3.